The second-order valence-corrected chi connectivity index (χ2v) is 7.14. The quantitative estimate of drug-likeness (QED) is 0.786. The summed E-state index contributed by atoms with van der Waals surface area (Å²) < 4.78 is 0. The molecule has 1 aliphatic rings. The third-order valence-electron chi connectivity index (χ3n) is 5.03. The number of benzene rings is 2. The zero-order valence-corrected chi connectivity index (χ0v) is 15.0. The van der Waals surface area contributed by atoms with Crippen LogP contribution in [0.1, 0.15) is 23.1 Å². The molecule has 0 saturated carbocycles. The number of hydrogen-bond acceptors (Lipinski definition) is 4. The summed E-state index contributed by atoms with van der Waals surface area (Å²) in [6.07, 6.45) is 4.54. The average molecular weight is 345 g/mol. The fourth-order valence-corrected chi connectivity index (χ4v) is 3.62. The summed E-state index contributed by atoms with van der Waals surface area (Å²) in [7, 11) is 0. The molecule has 0 radical (unpaired) electrons. The van der Waals surface area contributed by atoms with E-state index in [1.165, 1.54) is 5.56 Å². The van der Waals surface area contributed by atoms with Gasteiger partial charge >= 0.3 is 0 Å². The number of β-amino-alcohol motifs (C(OH)–C–C–N with tert-alkyl or cyclic N) is 1. The molecule has 4 rings (SSSR count). The molecule has 2 heterocycles. The third-order valence-corrected chi connectivity index (χ3v) is 5.03. The van der Waals surface area contributed by atoms with E-state index in [0.29, 0.717) is 6.54 Å². The van der Waals surface area contributed by atoms with Crippen molar-refractivity contribution in [2.45, 2.75) is 25.5 Å². The van der Waals surface area contributed by atoms with Crippen LogP contribution in [0, 0.1) is 6.92 Å². The maximum atomic E-state index is 11.0. The van der Waals surface area contributed by atoms with Crippen molar-refractivity contribution in [1.29, 1.82) is 0 Å². The number of likely N-dealkylation sites (tertiary alicyclic amines) is 1. The van der Waals surface area contributed by atoms with E-state index in [0.717, 1.165) is 42.0 Å². The van der Waals surface area contributed by atoms with Crippen LogP contribution in [-0.4, -0.2) is 33.1 Å². The molecule has 1 atom stereocenters. The van der Waals surface area contributed by atoms with Gasteiger partial charge in [0.2, 0.25) is 0 Å². The van der Waals surface area contributed by atoms with Crippen LogP contribution in [0.4, 0.5) is 0 Å². The van der Waals surface area contributed by atoms with Crippen LogP contribution in [0.2, 0.25) is 0 Å². The molecule has 0 aliphatic carbocycles. The summed E-state index contributed by atoms with van der Waals surface area (Å²) in [5, 5.41) is 11.0. The van der Waals surface area contributed by atoms with E-state index in [1.54, 1.807) is 0 Å². The van der Waals surface area contributed by atoms with Gasteiger partial charge in [-0.2, -0.15) is 0 Å². The minimum absolute atomic E-state index is 0.636. The van der Waals surface area contributed by atoms with Gasteiger partial charge in [-0.15, -0.1) is 0 Å². The fourth-order valence-electron chi connectivity index (χ4n) is 3.62. The Morgan fingerprint density at radius 1 is 1.04 bits per heavy atom. The number of aromatic nitrogens is 2. The topological polar surface area (TPSA) is 49.2 Å². The van der Waals surface area contributed by atoms with E-state index in [9.17, 15) is 5.11 Å². The molecule has 3 aromatic rings. The molecular formula is C22H23N3O. The highest BCUT2D eigenvalue weighted by Gasteiger charge is 2.37. The van der Waals surface area contributed by atoms with Crippen molar-refractivity contribution in [3.63, 3.8) is 0 Å². The lowest BCUT2D eigenvalue weighted by molar-refractivity contribution is 0.0453. The van der Waals surface area contributed by atoms with E-state index in [2.05, 4.69) is 33.9 Å². The highest BCUT2D eigenvalue weighted by Crippen LogP contribution is 2.32. The van der Waals surface area contributed by atoms with Crippen LogP contribution in [0.25, 0.3) is 11.4 Å². The summed E-state index contributed by atoms with van der Waals surface area (Å²) in [5.74, 6) is 0.750. The van der Waals surface area contributed by atoms with Gasteiger partial charge < -0.3 is 5.11 Å². The Hall–Kier alpha value is -2.56. The zero-order valence-electron chi connectivity index (χ0n) is 15.0. The first kappa shape index (κ1) is 16.9. The van der Waals surface area contributed by atoms with Crippen LogP contribution < -0.4 is 0 Å². The van der Waals surface area contributed by atoms with Crippen molar-refractivity contribution in [3.8, 4) is 11.4 Å². The number of nitrogens with zero attached hydrogens (tertiary/aromatic N) is 3. The van der Waals surface area contributed by atoms with Crippen molar-refractivity contribution >= 4 is 0 Å². The third kappa shape index (κ3) is 3.52. The Morgan fingerprint density at radius 2 is 1.81 bits per heavy atom. The van der Waals surface area contributed by atoms with E-state index >= 15 is 0 Å². The largest absolute Gasteiger partial charge is 0.384 e. The molecule has 0 amide bonds. The van der Waals surface area contributed by atoms with Gasteiger partial charge in [-0.3, -0.25) is 4.90 Å². The lowest BCUT2D eigenvalue weighted by Gasteiger charge is -2.24. The van der Waals surface area contributed by atoms with Crippen molar-refractivity contribution in [3.05, 3.63) is 83.7 Å². The molecule has 2 aromatic carbocycles. The number of rotatable bonds is 4. The SMILES string of the molecule is Cc1cccc(-c2ncc(CN3CCC(O)(c4ccccc4)C3)cn2)c1. The maximum absolute atomic E-state index is 11.0. The lowest BCUT2D eigenvalue weighted by Crippen LogP contribution is -2.30. The number of aliphatic hydroxyl groups is 1. The van der Waals surface area contributed by atoms with Crippen molar-refractivity contribution in [2.24, 2.45) is 0 Å². The Morgan fingerprint density at radius 3 is 2.54 bits per heavy atom. The molecule has 1 N–H and O–H groups in total. The van der Waals surface area contributed by atoms with Gasteiger partial charge in [-0.1, -0.05) is 54.1 Å². The highest BCUT2D eigenvalue weighted by atomic mass is 16.3. The normalized spacial score (nSPS) is 20.4. The van der Waals surface area contributed by atoms with E-state index in [-0.39, 0.29) is 0 Å². The average Bonchev–Trinajstić information content (AvgIpc) is 3.05. The Labute approximate surface area is 154 Å². The van der Waals surface area contributed by atoms with Gasteiger partial charge in [0.05, 0.1) is 0 Å². The smallest absolute Gasteiger partial charge is 0.159 e. The first-order chi connectivity index (χ1) is 12.6. The molecule has 26 heavy (non-hydrogen) atoms. The van der Waals surface area contributed by atoms with Gasteiger partial charge in [0.15, 0.2) is 5.82 Å². The molecule has 1 aromatic heterocycles. The summed E-state index contributed by atoms with van der Waals surface area (Å²) >= 11 is 0. The standard InChI is InChI=1S/C22H23N3O/c1-17-6-5-7-19(12-17)21-23-13-18(14-24-21)15-25-11-10-22(26,16-25)20-8-3-2-4-9-20/h2-9,12-14,26H,10-11,15-16H2,1H3. The lowest BCUT2D eigenvalue weighted by atomic mass is 9.93. The Kier molecular flexibility index (Phi) is 4.53. The van der Waals surface area contributed by atoms with E-state index < -0.39 is 5.60 Å². The molecule has 132 valence electrons. The van der Waals surface area contributed by atoms with Crippen molar-refractivity contribution in [2.75, 3.05) is 13.1 Å². The van der Waals surface area contributed by atoms with Crippen molar-refractivity contribution < 1.29 is 5.11 Å². The second kappa shape index (κ2) is 6.98. The minimum Gasteiger partial charge on any atom is -0.384 e. The van der Waals surface area contributed by atoms with Gasteiger partial charge in [-0.05, 0) is 25.0 Å². The molecule has 1 aliphatic heterocycles. The predicted octanol–water partition coefficient (Wildman–Crippen LogP) is 3.55. The first-order valence-corrected chi connectivity index (χ1v) is 9.01. The van der Waals surface area contributed by atoms with Crippen LogP contribution in [0.5, 0.6) is 0 Å². The predicted molar refractivity (Wildman–Crippen MR) is 102 cm³/mol. The molecule has 4 nitrogen and oxygen atoms in total. The van der Waals surface area contributed by atoms with Gasteiger partial charge in [-0.25, -0.2) is 9.97 Å². The molecule has 4 heteroatoms. The number of aryl methyl sites for hydroxylation is 1. The molecule has 1 fully saturated rings. The van der Waals surface area contributed by atoms with Gasteiger partial charge in [0.1, 0.15) is 5.60 Å². The van der Waals surface area contributed by atoms with E-state index in [1.807, 2.05) is 54.9 Å². The monoisotopic (exact) mass is 345 g/mol. The maximum Gasteiger partial charge on any atom is 0.159 e. The van der Waals surface area contributed by atoms with Crippen LogP contribution in [0.3, 0.4) is 0 Å². The zero-order chi connectivity index (χ0) is 18.0. The number of hydrogen-bond donors (Lipinski definition) is 1. The van der Waals surface area contributed by atoms with Crippen LogP contribution in [-0.2, 0) is 12.1 Å². The highest BCUT2D eigenvalue weighted by molar-refractivity contribution is 5.55. The summed E-state index contributed by atoms with van der Waals surface area (Å²) in [4.78, 5) is 11.3. The van der Waals surface area contributed by atoms with Crippen molar-refractivity contribution in [1.82, 2.24) is 14.9 Å². The minimum atomic E-state index is -0.760. The second-order valence-electron chi connectivity index (χ2n) is 7.14. The summed E-state index contributed by atoms with van der Waals surface area (Å²) in [6.45, 7) is 4.32. The molecule has 0 spiro atoms. The van der Waals surface area contributed by atoms with E-state index in [4.69, 9.17) is 0 Å². The van der Waals surface area contributed by atoms with Crippen LogP contribution in [0.15, 0.2) is 67.0 Å². The molecular weight excluding hydrogens is 322 g/mol. The Balaban J connectivity index is 1.44. The van der Waals surface area contributed by atoms with Gasteiger partial charge in [0, 0.05) is 43.2 Å². The molecule has 1 saturated heterocycles. The fraction of sp³-hybridized carbons (Fsp3) is 0.273. The van der Waals surface area contributed by atoms with Gasteiger partial charge in [0.25, 0.3) is 0 Å². The summed E-state index contributed by atoms with van der Waals surface area (Å²) in [5.41, 5.74) is 3.54. The Bertz CT molecular complexity index is 879. The van der Waals surface area contributed by atoms with Crippen LogP contribution >= 0.6 is 0 Å². The molecule has 1 unspecified atom stereocenters. The molecule has 0 bridgehead atoms. The first-order valence-electron chi connectivity index (χ1n) is 9.01. The summed E-state index contributed by atoms with van der Waals surface area (Å²) in [6, 6.07) is 18.2.